The molecule has 1 aliphatic rings. The molecule has 2 N–H and O–H groups in total. The van der Waals surface area contributed by atoms with E-state index in [1.165, 1.54) is 24.3 Å². The number of amides is 1. The van der Waals surface area contributed by atoms with E-state index < -0.39 is 5.54 Å². The van der Waals surface area contributed by atoms with Crippen LogP contribution in [0.15, 0.2) is 48.5 Å². The van der Waals surface area contributed by atoms with Crippen LogP contribution in [-0.2, 0) is 11.3 Å². The predicted molar refractivity (Wildman–Crippen MR) is 97.7 cm³/mol. The van der Waals surface area contributed by atoms with Crippen LogP contribution < -0.4 is 10.6 Å². The van der Waals surface area contributed by atoms with Crippen LogP contribution in [0.5, 0.6) is 0 Å². The number of piperidine rings is 1. The molecule has 0 spiro atoms. The van der Waals surface area contributed by atoms with Gasteiger partial charge in [0.25, 0.3) is 0 Å². The van der Waals surface area contributed by atoms with E-state index in [1.807, 2.05) is 6.07 Å². The fourth-order valence-corrected chi connectivity index (χ4v) is 3.48. The summed E-state index contributed by atoms with van der Waals surface area (Å²) in [5.74, 6) is -0.690. The van der Waals surface area contributed by atoms with Crippen molar-refractivity contribution in [2.45, 2.75) is 24.9 Å². The van der Waals surface area contributed by atoms with Gasteiger partial charge < -0.3 is 10.6 Å². The van der Waals surface area contributed by atoms with Gasteiger partial charge in [-0.2, -0.15) is 0 Å². The number of nitrogens with zero attached hydrogens (tertiary/aromatic N) is 1. The number of hydrogen-bond donors (Lipinski definition) is 2. The van der Waals surface area contributed by atoms with Crippen molar-refractivity contribution in [2.75, 3.05) is 25.5 Å². The first-order valence-corrected chi connectivity index (χ1v) is 8.73. The Morgan fingerprint density at radius 2 is 1.73 bits per heavy atom. The molecule has 2 aromatic carbocycles. The second kappa shape index (κ2) is 7.83. The third-order valence-corrected chi connectivity index (χ3v) is 4.87. The highest BCUT2D eigenvalue weighted by Gasteiger charge is 2.40. The van der Waals surface area contributed by atoms with Gasteiger partial charge in [0, 0.05) is 32.4 Å². The van der Waals surface area contributed by atoms with Crippen LogP contribution in [0.4, 0.5) is 14.5 Å². The van der Waals surface area contributed by atoms with Crippen LogP contribution in [0.1, 0.15) is 18.4 Å². The summed E-state index contributed by atoms with van der Waals surface area (Å²) >= 11 is 0. The Kier molecular flexibility index (Phi) is 5.52. The van der Waals surface area contributed by atoms with Crippen molar-refractivity contribution in [3.8, 4) is 0 Å². The molecule has 6 heteroatoms. The molecule has 0 radical (unpaired) electrons. The van der Waals surface area contributed by atoms with Gasteiger partial charge in [-0.1, -0.05) is 18.2 Å². The van der Waals surface area contributed by atoms with Crippen molar-refractivity contribution in [1.82, 2.24) is 10.2 Å². The largest absolute Gasteiger partial charge is 0.371 e. The molecule has 1 saturated heterocycles. The van der Waals surface area contributed by atoms with E-state index in [-0.39, 0.29) is 17.5 Å². The average Bonchev–Trinajstić information content (AvgIpc) is 2.63. The maximum Gasteiger partial charge on any atom is 0.245 e. The highest BCUT2D eigenvalue weighted by Crippen LogP contribution is 2.28. The Morgan fingerprint density at radius 1 is 1.08 bits per heavy atom. The average molecular weight is 359 g/mol. The maximum atomic E-state index is 13.5. The van der Waals surface area contributed by atoms with Gasteiger partial charge in [0.05, 0.1) is 0 Å². The number of anilines is 1. The lowest BCUT2D eigenvalue weighted by atomic mass is 9.85. The predicted octanol–water partition coefficient (Wildman–Crippen LogP) is 3.16. The molecule has 2 aromatic rings. The van der Waals surface area contributed by atoms with E-state index in [9.17, 15) is 13.6 Å². The lowest BCUT2D eigenvalue weighted by Gasteiger charge is -2.41. The lowest BCUT2D eigenvalue weighted by molar-refractivity contribution is -0.126. The highest BCUT2D eigenvalue weighted by molar-refractivity contribution is 5.89. The molecule has 0 aliphatic carbocycles. The zero-order chi connectivity index (χ0) is 18.6. The van der Waals surface area contributed by atoms with Gasteiger partial charge in [-0.15, -0.1) is 0 Å². The molecule has 0 saturated carbocycles. The minimum atomic E-state index is -0.777. The summed E-state index contributed by atoms with van der Waals surface area (Å²) in [5, 5.41) is 5.96. The first-order chi connectivity index (χ1) is 12.5. The topological polar surface area (TPSA) is 44.4 Å². The molecular weight excluding hydrogens is 336 g/mol. The van der Waals surface area contributed by atoms with Gasteiger partial charge in [-0.05, 0) is 48.7 Å². The van der Waals surface area contributed by atoms with Crippen LogP contribution >= 0.6 is 0 Å². The molecule has 26 heavy (non-hydrogen) atoms. The first-order valence-electron chi connectivity index (χ1n) is 8.73. The molecule has 0 unspecified atom stereocenters. The first kappa shape index (κ1) is 18.3. The van der Waals surface area contributed by atoms with E-state index in [4.69, 9.17) is 0 Å². The second-order valence-corrected chi connectivity index (χ2v) is 6.70. The van der Waals surface area contributed by atoms with Gasteiger partial charge >= 0.3 is 0 Å². The maximum absolute atomic E-state index is 13.5. The van der Waals surface area contributed by atoms with Crippen molar-refractivity contribution in [2.24, 2.45) is 0 Å². The van der Waals surface area contributed by atoms with Gasteiger partial charge in [0.1, 0.15) is 17.2 Å². The third-order valence-electron chi connectivity index (χ3n) is 4.87. The fourth-order valence-electron chi connectivity index (χ4n) is 3.48. The molecule has 1 amide bonds. The van der Waals surface area contributed by atoms with Gasteiger partial charge in [-0.3, -0.25) is 9.69 Å². The molecule has 138 valence electrons. The van der Waals surface area contributed by atoms with Crippen LogP contribution in [0.2, 0.25) is 0 Å². The molecule has 1 heterocycles. The lowest BCUT2D eigenvalue weighted by Crippen LogP contribution is -2.57. The van der Waals surface area contributed by atoms with E-state index in [0.29, 0.717) is 38.2 Å². The fraction of sp³-hybridized carbons (Fsp3) is 0.350. The number of benzene rings is 2. The Labute approximate surface area is 152 Å². The second-order valence-electron chi connectivity index (χ2n) is 6.70. The molecule has 1 fully saturated rings. The molecule has 0 aromatic heterocycles. The van der Waals surface area contributed by atoms with Crippen molar-refractivity contribution >= 4 is 11.6 Å². The minimum absolute atomic E-state index is 0.104. The number of carbonyl (C=O) groups excluding carboxylic acids is 1. The number of hydrogen-bond acceptors (Lipinski definition) is 3. The van der Waals surface area contributed by atoms with Gasteiger partial charge in [0.2, 0.25) is 5.91 Å². The molecule has 1 aliphatic heterocycles. The van der Waals surface area contributed by atoms with E-state index in [0.717, 1.165) is 5.56 Å². The normalized spacial score (nSPS) is 16.9. The van der Waals surface area contributed by atoms with Crippen molar-refractivity contribution in [1.29, 1.82) is 0 Å². The summed E-state index contributed by atoms with van der Waals surface area (Å²) in [4.78, 5) is 14.7. The van der Waals surface area contributed by atoms with Gasteiger partial charge in [-0.25, -0.2) is 8.78 Å². The summed E-state index contributed by atoms with van der Waals surface area (Å²) < 4.78 is 26.8. The summed E-state index contributed by atoms with van der Waals surface area (Å²) in [7, 11) is 1.61. The summed E-state index contributed by atoms with van der Waals surface area (Å²) in [6.45, 7) is 2.01. The SMILES string of the molecule is CNC(=O)C1(Nc2cccc(F)c2)CCN(Cc2cccc(F)c2)CC1. The number of likely N-dealkylation sites (tertiary alicyclic amines) is 1. The molecular formula is C20H23F2N3O. The molecule has 0 bridgehead atoms. The van der Waals surface area contributed by atoms with Crippen LogP contribution in [0.3, 0.4) is 0 Å². The van der Waals surface area contributed by atoms with E-state index >= 15 is 0 Å². The molecule has 0 atom stereocenters. The van der Waals surface area contributed by atoms with Crippen molar-refractivity contribution < 1.29 is 13.6 Å². The number of halogens is 2. The minimum Gasteiger partial charge on any atom is -0.371 e. The smallest absolute Gasteiger partial charge is 0.245 e. The van der Waals surface area contributed by atoms with Crippen LogP contribution in [-0.4, -0.2) is 36.5 Å². The Morgan fingerprint density at radius 3 is 2.35 bits per heavy atom. The summed E-state index contributed by atoms with van der Waals surface area (Å²) in [6, 6.07) is 12.7. The number of nitrogens with one attached hydrogen (secondary N) is 2. The quantitative estimate of drug-likeness (QED) is 0.862. The van der Waals surface area contributed by atoms with Crippen LogP contribution in [0, 0.1) is 11.6 Å². The molecule has 4 nitrogen and oxygen atoms in total. The van der Waals surface area contributed by atoms with Crippen molar-refractivity contribution in [3.05, 3.63) is 65.7 Å². The summed E-state index contributed by atoms with van der Waals surface area (Å²) in [5.41, 5.74) is 0.726. The monoisotopic (exact) mass is 359 g/mol. The zero-order valence-corrected chi connectivity index (χ0v) is 14.8. The summed E-state index contributed by atoms with van der Waals surface area (Å²) in [6.07, 6.45) is 1.16. The van der Waals surface area contributed by atoms with Crippen molar-refractivity contribution in [3.63, 3.8) is 0 Å². The Balaban J connectivity index is 1.70. The third kappa shape index (κ3) is 4.19. The highest BCUT2D eigenvalue weighted by atomic mass is 19.1. The van der Waals surface area contributed by atoms with E-state index in [2.05, 4.69) is 15.5 Å². The Bertz CT molecular complexity index is 773. The molecule has 3 rings (SSSR count). The van der Waals surface area contributed by atoms with Gasteiger partial charge in [0.15, 0.2) is 0 Å². The van der Waals surface area contributed by atoms with E-state index in [1.54, 1.807) is 25.2 Å². The Hall–Kier alpha value is -2.47. The zero-order valence-electron chi connectivity index (χ0n) is 14.8. The van der Waals surface area contributed by atoms with Crippen LogP contribution in [0.25, 0.3) is 0 Å². The standard InChI is InChI=1S/C20H23F2N3O/c1-23-19(26)20(24-18-7-3-6-17(22)13-18)8-10-25(11-9-20)14-15-4-2-5-16(21)12-15/h2-7,12-13,24H,8-11,14H2,1H3,(H,23,26). The number of carbonyl (C=O) groups is 1. The number of likely N-dealkylation sites (N-methyl/N-ethyl adjacent to an activating group) is 1. The number of rotatable bonds is 5.